The maximum atomic E-state index is 13.4. The van der Waals surface area contributed by atoms with Gasteiger partial charge in [0.25, 0.3) is 11.7 Å². The summed E-state index contributed by atoms with van der Waals surface area (Å²) in [5, 5.41) is 20.6. The number of methoxy groups -OCH3 is 1. The van der Waals surface area contributed by atoms with Crippen LogP contribution in [-0.2, 0) is 9.59 Å². The van der Waals surface area contributed by atoms with Crippen LogP contribution in [-0.4, -0.2) is 30.5 Å². The number of nitriles is 1. The molecule has 1 N–H and O–H groups in total. The topological polar surface area (TPSA) is 99.9 Å². The SMILES string of the molecule is CCCOc1ccc(/C(O)=C2\C(=O)C(=O)N(c3ccc(C#N)cc3)C2c2ccccc2OC)cc1C. The van der Waals surface area contributed by atoms with Gasteiger partial charge in [0.2, 0.25) is 0 Å². The summed E-state index contributed by atoms with van der Waals surface area (Å²) >= 11 is 0. The van der Waals surface area contributed by atoms with Crippen LogP contribution in [0.25, 0.3) is 5.76 Å². The summed E-state index contributed by atoms with van der Waals surface area (Å²) in [5.41, 5.74) is 2.53. The summed E-state index contributed by atoms with van der Waals surface area (Å²) in [6, 6.07) is 19.7. The lowest BCUT2D eigenvalue weighted by molar-refractivity contribution is -0.132. The molecule has 0 spiro atoms. The van der Waals surface area contributed by atoms with Crippen LogP contribution in [0.4, 0.5) is 5.69 Å². The first kappa shape index (κ1) is 24.6. The number of Topliss-reactive ketones (excluding diaryl/α,β-unsaturated/α-hetero) is 1. The Morgan fingerprint density at radius 2 is 1.78 bits per heavy atom. The lowest BCUT2D eigenvalue weighted by atomic mass is 9.94. The third kappa shape index (κ3) is 4.41. The summed E-state index contributed by atoms with van der Waals surface area (Å²) in [6.45, 7) is 4.44. The van der Waals surface area contributed by atoms with Gasteiger partial charge in [0.15, 0.2) is 0 Å². The second-order valence-electron chi connectivity index (χ2n) is 8.40. The number of ether oxygens (including phenoxy) is 2. The molecule has 1 saturated heterocycles. The normalized spacial score (nSPS) is 16.6. The molecule has 1 fully saturated rings. The fraction of sp³-hybridized carbons (Fsp3) is 0.207. The van der Waals surface area contributed by atoms with Crippen LogP contribution in [0.2, 0.25) is 0 Å². The average molecular weight is 483 g/mol. The first-order chi connectivity index (χ1) is 17.4. The number of rotatable bonds is 7. The van der Waals surface area contributed by atoms with Gasteiger partial charge in [-0.2, -0.15) is 5.26 Å². The minimum Gasteiger partial charge on any atom is -0.507 e. The Kier molecular flexibility index (Phi) is 7.07. The van der Waals surface area contributed by atoms with Gasteiger partial charge < -0.3 is 14.6 Å². The number of nitrogens with zero attached hydrogens (tertiary/aromatic N) is 2. The summed E-state index contributed by atoms with van der Waals surface area (Å²) in [5.74, 6) is -0.722. The van der Waals surface area contributed by atoms with Crippen molar-refractivity contribution >= 4 is 23.1 Å². The highest BCUT2D eigenvalue weighted by atomic mass is 16.5. The molecule has 3 aromatic carbocycles. The first-order valence-corrected chi connectivity index (χ1v) is 11.6. The lowest BCUT2D eigenvalue weighted by Gasteiger charge is -2.26. The smallest absolute Gasteiger partial charge is 0.300 e. The van der Waals surface area contributed by atoms with Crippen LogP contribution in [0.3, 0.4) is 0 Å². The van der Waals surface area contributed by atoms with E-state index in [1.807, 2.05) is 19.9 Å². The van der Waals surface area contributed by atoms with Crippen molar-refractivity contribution in [1.29, 1.82) is 5.26 Å². The molecule has 1 aliphatic heterocycles. The number of para-hydroxylation sites is 1. The Bertz CT molecular complexity index is 1390. The second kappa shape index (κ2) is 10.4. The fourth-order valence-corrected chi connectivity index (χ4v) is 4.31. The molecule has 0 radical (unpaired) electrons. The van der Waals surface area contributed by atoms with E-state index in [-0.39, 0.29) is 11.3 Å². The van der Waals surface area contributed by atoms with Gasteiger partial charge in [-0.1, -0.05) is 25.1 Å². The highest BCUT2D eigenvalue weighted by molar-refractivity contribution is 6.51. The van der Waals surface area contributed by atoms with Crippen molar-refractivity contribution in [2.45, 2.75) is 26.3 Å². The molecule has 7 heteroatoms. The van der Waals surface area contributed by atoms with Gasteiger partial charge >= 0.3 is 0 Å². The number of ketones is 1. The summed E-state index contributed by atoms with van der Waals surface area (Å²) in [4.78, 5) is 28.0. The van der Waals surface area contributed by atoms with E-state index in [1.165, 1.54) is 12.0 Å². The van der Waals surface area contributed by atoms with E-state index >= 15 is 0 Å². The van der Waals surface area contributed by atoms with Crippen molar-refractivity contribution in [3.8, 4) is 17.6 Å². The Morgan fingerprint density at radius 1 is 1.06 bits per heavy atom. The first-order valence-electron chi connectivity index (χ1n) is 11.6. The minimum atomic E-state index is -0.939. The molecule has 0 saturated carbocycles. The number of amides is 1. The molecule has 3 aromatic rings. The molecular formula is C29H26N2O5. The lowest BCUT2D eigenvalue weighted by Crippen LogP contribution is -2.29. The molecule has 1 unspecified atom stereocenters. The molecule has 7 nitrogen and oxygen atoms in total. The van der Waals surface area contributed by atoms with Gasteiger partial charge in [-0.15, -0.1) is 0 Å². The summed E-state index contributed by atoms with van der Waals surface area (Å²) in [6.07, 6.45) is 0.860. The van der Waals surface area contributed by atoms with E-state index in [9.17, 15) is 14.7 Å². The van der Waals surface area contributed by atoms with Crippen molar-refractivity contribution in [1.82, 2.24) is 0 Å². The number of anilines is 1. The fourth-order valence-electron chi connectivity index (χ4n) is 4.31. The zero-order valence-corrected chi connectivity index (χ0v) is 20.3. The Morgan fingerprint density at radius 3 is 2.42 bits per heavy atom. The quantitative estimate of drug-likeness (QED) is 0.279. The Labute approximate surface area is 209 Å². The standard InChI is InChI=1S/C29H26N2O5/c1-4-15-36-23-14-11-20(16-18(23)2)27(32)25-26(22-7-5-6-8-24(22)35-3)31(29(34)28(25)33)21-12-9-19(17-30)10-13-21/h5-14,16,26,32H,4,15H2,1-3H3/b27-25+. The molecule has 36 heavy (non-hydrogen) atoms. The number of aliphatic hydroxyl groups is 1. The molecule has 1 amide bonds. The van der Waals surface area contributed by atoms with Crippen LogP contribution in [0, 0.1) is 18.3 Å². The highest BCUT2D eigenvalue weighted by Gasteiger charge is 2.47. The summed E-state index contributed by atoms with van der Waals surface area (Å²) in [7, 11) is 1.51. The number of aliphatic hydroxyl groups excluding tert-OH is 1. The third-order valence-electron chi connectivity index (χ3n) is 6.06. The molecule has 182 valence electrons. The van der Waals surface area contributed by atoms with Crippen molar-refractivity contribution < 1.29 is 24.2 Å². The minimum absolute atomic E-state index is 0.0458. The molecular weight excluding hydrogens is 456 g/mol. The molecule has 0 aliphatic carbocycles. The number of carbonyl (C=O) groups is 2. The maximum absolute atomic E-state index is 13.4. The monoisotopic (exact) mass is 482 g/mol. The van der Waals surface area contributed by atoms with Gasteiger partial charge in [-0.25, -0.2) is 0 Å². The zero-order valence-electron chi connectivity index (χ0n) is 20.3. The van der Waals surface area contributed by atoms with Crippen LogP contribution in [0.15, 0.2) is 72.3 Å². The van der Waals surface area contributed by atoms with Crippen molar-refractivity contribution in [3.05, 3.63) is 94.6 Å². The van der Waals surface area contributed by atoms with Crippen molar-refractivity contribution in [2.24, 2.45) is 0 Å². The Hall–Kier alpha value is -4.57. The van der Waals surface area contributed by atoms with Gasteiger partial charge in [0.1, 0.15) is 17.3 Å². The van der Waals surface area contributed by atoms with E-state index in [2.05, 4.69) is 0 Å². The second-order valence-corrected chi connectivity index (χ2v) is 8.40. The number of hydrogen-bond acceptors (Lipinski definition) is 6. The van der Waals surface area contributed by atoms with E-state index < -0.39 is 17.7 Å². The van der Waals surface area contributed by atoms with Crippen LogP contribution >= 0.6 is 0 Å². The summed E-state index contributed by atoms with van der Waals surface area (Å²) < 4.78 is 11.3. The number of carbonyl (C=O) groups excluding carboxylic acids is 2. The van der Waals surface area contributed by atoms with E-state index in [4.69, 9.17) is 14.7 Å². The van der Waals surface area contributed by atoms with Crippen molar-refractivity contribution in [2.75, 3.05) is 18.6 Å². The zero-order chi connectivity index (χ0) is 25.8. The van der Waals surface area contributed by atoms with Crippen LogP contribution < -0.4 is 14.4 Å². The predicted molar refractivity (Wildman–Crippen MR) is 136 cm³/mol. The highest BCUT2D eigenvalue weighted by Crippen LogP contribution is 2.45. The van der Waals surface area contributed by atoms with Gasteiger partial charge in [0.05, 0.1) is 37.0 Å². The predicted octanol–water partition coefficient (Wildman–Crippen LogP) is 5.29. The number of benzene rings is 3. The Balaban J connectivity index is 1.91. The number of aryl methyl sites for hydroxylation is 1. The van der Waals surface area contributed by atoms with Gasteiger partial charge in [0, 0.05) is 16.8 Å². The van der Waals surface area contributed by atoms with Crippen molar-refractivity contribution in [3.63, 3.8) is 0 Å². The van der Waals surface area contributed by atoms with Crippen LogP contribution in [0.5, 0.6) is 11.5 Å². The van der Waals surface area contributed by atoms with Gasteiger partial charge in [-0.05, 0) is 67.4 Å². The van der Waals surface area contributed by atoms with E-state index in [0.717, 1.165) is 12.0 Å². The van der Waals surface area contributed by atoms with Gasteiger partial charge in [-0.3, -0.25) is 14.5 Å². The molecule has 1 heterocycles. The van der Waals surface area contributed by atoms with Crippen LogP contribution in [0.1, 0.15) is 41.6 Å². The average Bonchev–Trinajstić information content (AvgIpc) is 3.17. The molecule has 1 aliphatic rings. The van der Waals surface area contributed by atoms with E-state index in [0.29, 0.717) is 40.5 Å². The maximum Gasteiger partial charge on any atom is 0.300 e. The number of hydrogen-bond donors (Lipinski definition) is 1. The molecule has 1 atom stereocenters. The molecule has 0 bridgehead atoms. The largest absolute Gasteiger partial charge is 0.507 e. The third-order valence-corrected chi connectivity index (χ3v) is 6.06. The molecule has 4 rings (SSSR count). The van der Waals surface area contributed by atoms with E-state index in [1.54, 1.807) is 66.7 Å². The molecule has 0 aromatic heterocycles.